The van der Waals surface area contributed by atoms with E-state index in [4.69, 9.17) is 4.55 Å². The Morgan fingerprint density at radius 1 is 0.824 bits per heavy atom. The van der Waals surface area contributed by atoms with Gasteiger partial charge in [0.25, 0.3) is 0 Å². The molecule has 0 amide bonds. The molecule has 5 heteroatoms. The summed E-state index contributed by atoms with van der Waals surface area (Å²) in [4.78, 5) is 9.54. The number of aromatic hydroxyl groups is 1. The minimum atomic E-state index is 0.166. The van der Waals surface area contributed by atoms with Gasteiger partial charge in [-0.05, 0) is 30.3 Å². The fraction of sp³-hybridized carbons (Fsp3) is 0. The molecular formula is C12H8N2O2S. The van der Waals surface area contributed by atoms with Gasteiger partial charge in [-0.3, -0.25) is 0 Å². The lowest BCUT2D eigenvalue weighted by Gasteiger charge is -2.02. The van der Waals surface area contributed by atoms with Crippen LogP contribution in [0, 0.1) is 0 Å². The number of fused-ring (bicyclic) bond motifs is 2. The molecule has 0 aliphatic carbocycles. The molecule has 1 aromatic heterocycles. The molecule has 4 nitrogen and oxygen atoms in total. The van der Waals surface area contributed by atoms with E-state index in [0.29, 0.717) is 28.0 Å². The SMILES string of the molecule is OSc1ccc2nc3ccc(O)cc3nc2c1. The van der Waals surface area contributed by atoms with Gasteiger partial charge in [-0.2, -0.15) is 0 Å². The number of nitrogens with zero attached hydrogens (tertiary/aromatic N) is 2. The summed E-state index contributed by atoms with van der Waals surface area (Å²) in [6, 6.07) is 10.2. The van der Waals surface area contributed by atoms with Gasteiger partial charge >= 0.3 is 0 Å². The Bertz CT molecular complexity index is 715. The first-order chi connectivity index (χ1) is 8.26. The molecule has 17 heavy (non-hydrogen) atoms. The zero-order valence-corrected chi connectivity index (χ0v) is 9.48. The van der Waals surface area contributed by atoms with Gasteiger partial charge in [0.1, 0.15) is 5.75 Å². The van der Waals surface area contributed by atoms with Gasteiger partial charge in [0.2, 0.25) is 0 Å². The van der Waals surface area contributed by atoms with Crippen molar-refractivity contribution in [2.24, 2.45) is 0 Å². The molecule has 2 N–H and O–H groups in total. The lowest BCUT2D eigenvalue weighted by Crippen LogP contribution is -1.87. The molecule has 2 aromatic carbocycles. The maximum Gasteiger partial charge on any atom is 0.117 e. The molecule has 0 saturated heterocycles. The summed E-state index contributed by atoms with van der Waals surface area (Å²) < 4.78 is 8.98. The van der Waals surface area contributed by atoms with Gasteiger partial charge < -0.3 is 9.66 Å². The molecule has 1 heterocycles. The first-order valence-electron chi connectivity index (χ1n) is 4.98. The Balaban J connectivity index is 2.36. The molecule has 0 aliphatic heterocycles. The van der Waals surface area contributed by atoms with E-state index >= 15 is 0 Å². The third kappa shape index (κ3) is 1.79. The van der Waals surface area contributed by atoms with Gasteiger partial charge in [0, 0.05) is 23.0 Å². The van der Waals surface area contributed by atoms with Crippen molar-refractivity contribution in [3.8, 4) is 5.75 Å². The molecule has 3 aromatic rings. The molecule has 0 atom stereocenters. The Labute approximate surface area is 101 Å². The maximum absolute atomic E-state index is 9.39. The summed E-state index contributed by atoms with van der Waals surface area (Å²) in [5.74, 6) is 0.166. The van der Waals surface area contributed by atoms with E-state index in [1.807, 2.05) is 6.07 Å². The van der Waals surface area contributed by atoms with Crippen LogP contribution in [-0.4, -0.2) is 19.6 Å². The molecule has 0 fully saturated rings. The minimum Gasteiger partial charge on any atom is -0.508 e. The van der Waals surface area contributed by atoms with Gasteiger partial charge in [-0.25, -0.2) is 9.97 Å². The van der Waals surface area contributed by atoms with Crippen LogP contribution in [0.3, 0.4) is 0 Å². The lowest BCUT2D eigenvalue weighted by molar-refractivity contribution is 0.476. The molecule has 0 radical (unpaired) electrons. The highest BCUT2D eigenvalue weighted by Gasteiger charge is 2.03. The average molecular weight is 244 g/mol. The van der Waals surface area contributed by atoms with Crippen LogP contribution in [0.4, 0.5) is 0 Å². The zero-order chi connectivity index (χ0) is 11.8. The Morgan fingerprint density at radius 2 is 1.47 bits per heavy atom. The maximum atomic E-state index is 9.39. The monoisotopic (exact) mass is 244 g/mol. The van der Waals surface area contributed by atoms with Crippen LogP contribution < -0.4 is 0 Å². The third-order valence-electron chi connectivity index (χ3n) is 2.49. The second-order valence-corrected chi connectivity index (χ2v) is 4.29. The lowest BCUT2D eigenvalue weighted by atomic mass is 10.2. The third-order valence-corrected chi connectivity index (χ3v) is 2.96. The van der Waals surface area contributed by atoms with Gasteiger partial charge in [0.05, 0.1) is 22.1 Å². The fourth-order valence-corrected chi connectivity index (χ4v) is 1.99. The second-order valence-electron chi connectivity index (χ2n) is 3.64. The molecule has 3 rings (SSSR count). The number of benzene rings is 2. The van der Waals surface area contributed by atoms with Gasteiger partial charge in [-0.1, -0.05) is 0 Å². The molecule has 0 saturated carbocycles. The standard InChI is InChI=1S/C12H8N2O2S/c15-7-1-3-9-11(5-7)14-12-6-8(17-16)2-4-10(12)13-9/h1-6,15-16H. The number of phenols is 1. The van der Waals surface area contributed by atoms with Crippen LogP contribution in [0.15, 0.2) is 41.3 Å². The summed E-state index contributed by atoms with van der Waals surface area (Å²) in [6.07, 6.45) is 0. The normalized spacial score (nSPS) is 11.1. The number of hydrogen-bond donors (Lipinski definition) is 2. The first-order valence-corrected chi connectivity index (χ1v) is 5.75. The van der Waals surface area contributed by atoms with E-state index in [2.05, 4.69) is 9.97 Å². The predicted molar refractivity (Wildman–Crippen MR) is 67.2 cm³/mol. The van der Waals surface area contributed by atoms with E-state index in [1.54, 1.807) is 30.3 Å². The van der Waals surface area contributed by atoms with Crippen molar-refractivity contribution in [1.29, 1.82) is 0 Å². The van der Waals surface area contributed by atoms with E-state index in [-0.39, 0.29) is 5.75 Å². The first kappa shape index (κ1) is 10.3. The molecule has 0 aliphatic rings. The van der Waals surface area contributed by atoms with Crippen molar-refractivity contribution < 1.29 is 9.66 Å². The zero-order valence-electron chi connectivity index (χ0n) is 8.66. The van der Waals surface area contributed by atoms with E-state index in [9.17, 15) is 5.11 Å². The number of rotatable bonds is 1. The van der Waals surface area contributed by atoms with E-state index < -0.39 is 0 Å². The van der Waals surface area contributed by atoms with Crippen LogP contribution in [0.1, 0.15) is 0 Å². The van der Waals surface area contributed by atoms with Crippen LogP contribution >= 0.6 is 12.0 Å². The van der Waals surface area contributed by atoms with Crippen LogP contribution in [0.2, 0.25) is 0 Å². The van der Waals surface area contributed by atoms with E-state index in [1.165, 1.54) is 0 Å². The smallest absolute Gasteiger partial charge is 0.117 e. The Kier molecular flexibility index (Phi) is 2.35. The van der Waals surface area contributed by atoms with Crippen molar-refractivity contribution in [3.05, 3.63) is 36.4 Å². The number of aromatic nitrogens is 2. The van der Waals surface area contributed by atoms with Crippen molar-refractivity contribution >= 4 is 34.1 Å². The summed E-state index contributed by atoms with van der Waals surface area (Å²) in [5, 5.41) is 9.39. The van der Waals surface area contributed by atoms with Gasteiger partial charge in [-0.15, -0.1) is 0 Å². The van der Waals surface area contributed by atoms with Crippen molar-refractivity contribution in [3.63, 3.8) is 0 Å². The minimum absolute atomic E-state index is 0.166. The summed E-state index contributed by atoms with van der Waals surface area (Å²) >= 11 is 0.675. The molecule has 0 spiro atoms. The van der Waals surface area contributed by atoms with Crippen LogP contribution in [0.5, 0.6) is 5.75 Å². The van der Waals surface area contributed by atoms with E-state index in [0.717, 1.165) is 11.0 Å². The second kappa shape index (κ2) is 3.87. The highest BCUT2D eigenvalue weighted by molar-refractivity contribution is 7.93. The van der Waals surface area contributed by atoms with Gasteiger partial charge in [0.15, 0.2) is 0 Å². The molecule has 0 unspecified atom stereocenters. The summed E-state index contributed by atoms with van der Waals surface area (Å²) in [6.45, 7) is 0. The highest BCUT2D eigenvalue weighted by atomic mass is 32.2. The van der Waals surface area contributed by atoms with Crippen LogP contribution in [0.25, 0.3) is 22.1 Å². The largest absolute Gasteiger partial charge is 0.508 e. The highest BCUT2D eigenvalue weighted by Crippen LogP contribution is 2.23. The Morgan fingerprint density at radius 3 is 2.24 bits per heavy atom. The van der Waals surface area contributed by atoms with Crippen LogP contribution in [-0.2, 0) is 0 Å². The molecule has 84 valence electrons. The quantitative estimate of drug-likeness (QED) is 0.508. The number of phenolic OH excluding ortho intramolecular Hbond substituents is 1. The molecular weight excluding hydrogens is 236 g/mol. The average Bonchev–Trinajstić information content (AvgIpc) is 2.35. The van der Waals surface area contributed by atoms with Crippen molar-refractivity contribution in [2.45, 2.75) is 4.90 Å². The van der Waals surface area contributed by atoms with Crippen molar-refractivity contribution in [1.82, 2.24) is 9.97 Å². The molecule has 0 bridgehead atoms. The fourth-order valence-electron chi connectivity index (χ4n) is 1.70. The Hall–Kier alpha value is -1.85. The predicted octanol–water partition coefficient (Wildman–Crippen LogP) is 3.05. The number of hydrogen-bond acceptors (Lipinski definition) is 5. The topological polar surface area (TPSA) is 66.2 Å². The van der Waals surface area contributed by atoms with Crippen molar-refractivity contribution in [2.75, 3.05) is 0 Å². The summed E-state index contributed by atoms with van der Waals surface area (Å²) in [7, 11) is 0. The summed E-state index contributed by atoms with van der Waals surface area (Å²) in [5.41, 5.74) is 2.83.